The molecule has 0 spiro atoms. The Morgan fingerprint density at radius 2 is 1.90 bits per heavy atom. The highest BCUT2D eigenvalue weighted by Gasteiger charge is 2.50. The Bertz CT molecular complexity index is 862. The lowest BCUT2D eigenvalue weighted by atomic mass is 9.87. The third-order valence-corrected chi connectivity index (χ3v) is 7.41. The predicted molar refractivity (Wildman–Crippen MR) is 101 cm³/mol. The van der Waals surface area contributed by atoms with Crippen LogP contribution >= 0.6 is 0 Å². The number of alkyl halides is 3. The van der Waals surface area contributed by atoms with E-state index in [2.05, 4.69) is 9.88 Å². The molecule has 2 fully saturated rings. The summed E-state index contributed by atoms with van der Waals surface area (Å²) in [6, 6.07) is 5.74. The van der Waals surface area contributed by atoms with E-state index >= 15 is 0 Å². The fraction of sp³-hybridized carbons (Fsp3) is 0.611. The zero-order valence-electron chi connectivity index (χ0n) is 16.5. The van der Waals surface area contributed by atoms with E-state index in [4.69, 9.17) is 9.90 Å². The van der Waals surface area contributed by atoms with Gasteiger partial charge >= 0.3 is 12.1 Å². The standard InChI is InChI=1S/C16H23N3O3S.C2HF3O2/c1-18(2)16(20)13-6-8-23(21,22)15-11-19(10-14(13)15)9-12-5-3-4-7-17-12;3-2(4,5)1(6)7/h3-5,7,13-15H,6,8-11H2,1-2H3;(H,6,7)/t13-,14+,15+;/m0./s1. The highest BCUT2D eigenvalue weighted by molar-refractivity contribution is 7.92. The smallest absolute Gasteiger partial charge is 0.475 e. The Morgan fingerprint density at radius 3 is 2.40 bits per heavy atom. The third-order valence-electron chi connectivity index (χ3n) is 5.19. The molecular weight excluding hydrogens is 427 g/mol. The van der Waals surface area contributed by atoms with Crippen molar-refractivity contribution in [3.63, 3.8) is 0 Å². The van der Waals surface area contributed by atoms with Crippen molar-refractivity contribution in [3.8, 4) is 0 Å². The van der Waals surface area contributed by atoms with Gasteiger partial charge in [0, 0.05) is 51.8 Å². The molecule has 3 heterocycles. The summed E-state index contributed by atoms with van der Waals surface area (Å²) in [6.45, 7) is 1.78. The van der Waals surface area contributed by atoms with E-state index in [1.54, 1.807) is 25.2 Å². The van der Waals surface area contributed by atoms with Crippen molar-refractivity contribution in [1.82, 2.24) is 14.8 Å². The number of rotatable bonds is 3. The van der Waals surface area contributed by atoms with Gasteiger partial charge in [-0.2, -0.15) is 13.2 Å². The molecule has 2 saturated heterocycles. The number of amides is 1. The van der Waals surface area contributed by atoms with Gasteiger partial charge in [-0.25, -0.2) is 13.2 Å². The maximum atomic E-state index is 12.4. The highest BCUT2D eigenvalue weighted by Crippen LogP contribution is 2.38. The second-order valence-corrected chi connectivity index (χ2v) is 9.85. The van der Waals surface area contributed by atoms with Crippen LogP contribution in [0.4, 0.5) is 13.2 Å². The number of carboxylic acid groups (broad SMARTS) is 1. The maximum Gasteiger partial charge on any atom is 0.490 e. The Kier molecular flexibility index (Phi) is 7.45. The number of nitrogens with zero attached hydrogens (tertiary/aromatic N) is 3. The summed E-state index contributed by atoms with van der Waals surface area (Å²) in [4.78, 5) is 29.3. The first-order valence-electron chi connectivity index (χ1n) is 9.18. The van der Waals surface area contributed by atoms with Crippen LogP contribution in [0.1, 0.15) is 12.1 Å². The van der Waals surface area contributed by atoms with Gasteiger partial charge in [-0.3, -0.25) is 14.7 Å². The molecule has 1 N–H and O–H groups in total. The van der Waals surface area contributed by atoms with Crippen LogP contribution in [0.3, 0.4) is 0 Å². The van der Waals surface area contributed by atoms with Crippen molar-refractivity contribution < 1.29 is 36.3 Å². The Balaban J connectivity index is 0.000000396. The number of aromatic nitrogens is 1. The summed E-state index contributed by atoms with van der Waals surface area (Å²) in [5, 5.41) is 6.70. The van der Waals surface area contributed by atoms with Gasteiger partial charge in [-0.05, 0) is 18.6 Å². The second-order valence-electron chi connectivity index (χ2n) is 7.52. The normalized spacial score (nSPS) is 25.6. The van der Waals surface area contributed by atoms with Crippen molar-refractivity contribution in [2.45, 2.75) is 24.4 Å². The lowest BCUT2D eigenvalue weighted by Gasteiger charge is -2.33. The van der Waals surface area contributed by atoms with Gasteiger partial charge in [-0.15, -0.1) is 0 Å². The number of carboxylic acids is 1. The van der Waals surface area contributed by atoms with Crippen LogP contribution in [0.2, 0.25) is 0 Å². The van der Waals surface area contributed by atoms with Crippen LogP contribution in [0, 0.1) is 11.8 Å². The number of carbonyl (C=O) groups excluding carboxylic acids is 1. The van der Waals surface area contributed by atoms with Crippen LogP contribution in [0.5, 0.6) is 0 Å². The topological polar surface area (TPSA) is 108 Å². The molecule has 12 heteroatoms. The van der Waals surface area contributed by atoms with Gasteiger partial charge in [-0.1, -0.05) is 6.07 Å². The molecule has 0 radical (unpaired) electrons. The lowest BCUT2D eigenvalue weighted by Crippen LogP contribution is -2.46. The molecule has 1 aromatic heterocycles. The van der Waals surface area contributed by atoms with Gasteiger partial charge in [0.2, 0.25) is 5.91 Å². The van der Waals surface area contributed by atoms with Crippen molar-refractivity contribution in [3.05, 3.63) is 30.1 Å². The van der Waals surface area contributed by atoms with Gasteiger partial charge in [0.15, 0.2) is 9.84 Å². The molecule has 2 aliphatic heterocycles. The van der Waals surface area contributed by atoms with E-state index in [-0.39, 0.29) is 23.5 Å². The zero-order valence-corrected chi connectivity index (χ0v) is 17.4. The van der Waals surface area contributed by atoms with Crippen LogP contribution in [-0.4, -0.2) is 84.5 Å². The van der Waals surface area contributed by atoms with Gasteiger partial charge < -0.3 is 10.0 Å². The molecule has 2 aliphatic rings. The number of likely N-dealkylation sites (tertiary alicyclic amines) is 1. The molecule has 8 nitrogen and oxygen atoms in total. The maximum absolute atomic E-state index is 12.4. The van der Waals surface area contributed by atoms with Crippen molar-refractivity contribution in [2.24, 2.45) is 11.8 Å². The summed E-state index contributed by atoms with van der Waals surface area (Å²) in [5.41, 5.74) is 0.930. The Hall–Kier alpha value is -2.21. The number of hydrogen-bond donors (Lipinski definition) is 1. The van der Waals surface area contributed by atoms with Crippen molar-refractivity contribution in [1.29, 1.82) is 0 Å². The van der Waals surface area contributed by atoms with E-state index in [0.29, 0.717) is 26.1 Å². The minimum absolute atomic E-state index is 0.0505. The number of fused-ring (bicyclic) bond motifs is 1. The highest BCUT2D eigenvalue weighted by atomic mass is 32.2. The molecule has 0 aliphatic carbocycles. The number of hydrogen-bond acceptors (Lipinski definition) is 6. The van der Waals surface area contributed by atoms with E-state index in [1.807, 2.05) is 18.2 Å². The molecule has 168 valence electrons. The average Bonchev–Trinajstić information content (AvgIpc) is 3.07. The molecular formula is C18H24F3N3O5S. The third kappa shape index (κ3) is 5.91. The van der Waals surface area contributed by atoms with Crippen LogP contribution in [0.25, 0.3) is 0 Å². The number of pyridine rings is 1. The number of carbonyl (C=O) groups is 2. The second kappa shape index (κ2) is 9.29. The first-order valence-corrected chi connectivity index (χ1v) is 10.9. The van der Waals surface area contributed by atoms with Gasteiger partial charge in [0.25, 0.3) is 0 Å². The summed E-state index contributed by atoms with van der Waals surface area (Å²) >= 11 is 0. The van der Waals surface area contributed by atoms with E-state index in [9.17, 15) is 26.4 Å². The average molecular weight is 451 g/mol. The quantitative estimate of drug-likeness (QED) is 0.732. The van der Waals surface area contributed by atoms with Crippen LogP contribution in [0.15, 0.2) is 24.4 Å². The van der Waals surface area contributed by atoms with Crippen LogP contribution in [-0.2, 0) is 26.0 Å². The summed E-state index contributed by atoms with van der Waals surface area (Å²) in [6.07, 6.45) is -2.90. The Labute approximate surface area is 172 Å². The molecule has 0 unspecified atom stereocenters. The molecule has 1 aromatic rings. The minimum Gasteiger partial charge on any atom is -0.475 e. The number of sulfone groups is 1. The summed E-state index contributed by atoms with van der Waals surface area (Å²) in [7, 11) is 0.364. The number of halogens is 3. The molecule has 30 heavy (non-hydrogen) atoms. The first kappa shape index (κ1) is 24.1. The van der Waals surface area contributed by atoms with Crippen LogP contribution < -0.4 is 0 Å². The minimum atomic E-state index is -5.08. The largest absolute Gasteiger partial charge is 0.490 e. The molecule has 0 bridgehead atoms. The Morgan fingerprint density at radius 1 is 1.27 bits per heavy atom. The SMILES string of the molecule is CN(C)C(=O)[C@H]1CCS(=O)(=O)[C@@H]2CN(Cc3ccccn3)C[C@H]12.O=C(O)C(F)(F)F. The fourth-order valence-corrected chi connectivity index (χ4v) is 5.92. The summed E-state index contributed by atoms with van der Waals surface area (Å²) in [5.74, 6) is -2.88. The first-order chi connectivity index (χ1) is 13.8. The van der Waals surface area contributed by atoms with Gasteiger partial charge in [0.1, 0.15) is 0 Å². The molecule has 0 aromatic carbocycles. The fourth-order valence-electron chi connectivity index (χ4n) is 3.79. The monoisotopic (exact) mass is 451 g/mol. The van der Waals surface area contributed by atoms with E-state index in [1.165, 1.54) is 0 Å². The molecule has 3 atom stereocenters. The predicted octanol–water partition coefficient (Wildman–Crippen LogP) is 1.04. The van der Waals surface area contributed by atoms with Crippen molar-refractivity contribution >= 4 is 21.7 Å². The zero-order chi connectivity index (χ0) is 22.7. The molecule has 0 saturated carbocycles. The molecule has 3 rings (SSSR count). The van der Waals surface area contributed by atoms with Crippen molar-refractivity contribution in [2.75, 3.05) is 32.9 Å². The van der Waals surface area contributed by atoms with E-state index < -0.39 is 27.2 Å². The lowest BCUT2D eigenvalue weighted by molar-refractivity contribution is -0.192. The molecule has 1 amide bonds. The van der Waals surface area contributed by atoms with E-state index in [0.717, 1.165) is 5.69 Å². The summed E-state index contributed by atoms with van der Waals surface area (Å²) < 4.78 is 56.6. The number of aliphatic carboxylic acids is 1. The van der Waals surface area contributed by atoms with Gasteiger partial charge in [0.05, 0.1) is 16.7 Å².